The van der Waals surface area contributed by atoms with Crippen LogP contribution in [0.5, 0.6) is 0 Å². The first kappa shape index (κ1) is 16.6. The zero-order valence-corrected chi connectivity index (χ0v) is 13.2. The molecule has 1 rings (SSSR count). The smallest absolute Gasteiger partial charge is 0.243 e. The van der Waals surface area contributed by atoms with Crippen molar-refractivity contribution in [1.82, 2.24) is 4.72 Å². The van der Waals surface area contributed by atoms with Gasteiger partial charge in [0.25, 0.3) is 0 Å². The van der Waals surface area contributed by atoms with E-state index in [2.05, 4.69) is 20.7 Å². The molecule has 7 heteroatoms. The summed E-state index contributed by atoms with van der Waals surface area (Å²) >= 11 is 3.12. The highest BCUT2D eigenvalue weighted by atomic mass is 79.9. The molecule has 0 aliphatic heterocycles. The quantitative estimate of drug-likeness (QED) is 0.766. The highest BCUT2D eigenvalue weighted by molar-refractivity contribution is 9.10. The molecule has 0 saturated heterocycles. The summed E-state index contributed by atoms with van der Waals surface area (Å²) in [5.74, 6) is -0.769. The molecule has 0 heterocycles. The molecule has 0 saturated carbocycles. The molecule has 1 aromatic carbocycles. The van der Waals surface area contributed by atoms with Crippen molar-refractivity contribution in [3.05, 3.63) is 28.5 Å². The summed E-state index contributed by atoms with van der Waals surface area (Å²) in [5, 5.41) is 0. The molecule has 1 N–H and O–H groups in total. The van der Waals surface area contributed by atoms with Gasteiger partial charge in [0, 0.05) is 17.6 Å². The molecule has 0 aliphatic rings. The maximum Gasteiger partial charge on any atom is 0.243 e. The van der Waals surface area contributed by atoms with Crippen molar-refractivity contribution in [2.75, 3.05) is 13.2 Å². The van der Waals surface area contributed by atoms with Crippen molar-refractivity contribution < 1.29 is 17.5 Å². The van der Waals surface area contributed by atoms with Crippen LogP contribution in [0.25, 0.3) is 0 Å². The standard InChI is InChI=1S/C12H17BrFNO3S/c1-9(2)18-7-3-6-15-19(16,17)12-8-10(13)4-5-11(12)14/h4-5,8-9,15H,3,6-7H2,1-2H3. The Morgan fingerprint density at radius 3 is 2.74 bits per heavy atom. The van der Waals surface area contributed by atoms with Gasteiger partial charge in [0.05, 0.1) is 6.10 Å². The fourth-order valence-corrected chi connectivity index (χ4v) is 3.05. The number of rotatable bonds is 7. The Morgan fingerprint density at radius 1 is 1.42 bits per heavy atom. The molecule has 108 valence electrons. The topological polar surface area (TPSA) is 55.4 Å². The highest BCUT2D eigenvalue weighted by Crippen LogP contribution is 2.19. The third-order valence-electron chi connectivity index (χ3n) is 2.25. The zero-order valence-electron chi connectivity index (χ0n) is 10.8. The lowest BCUT2D eigenvalue weighted by molar-refractivity contribution is 0.0778. The molecular formula is C12H17BrFNO3S. The normalized spacial score (nSPS) is 12.1. The van der Waals surface area contributed by atoms with E-state index in [0.717, 1.165) is 6.07 Å². The van der Waals surface area contributed by atoms with E-state index in [1.165, 1.54) is 12.1 Å². The van der Waals surface area contributed by atoms with Crippen molar-refractivity contribution in [2.24, 2.45) is 0 Å². The molecule has 0 atom stereocenters. The first-order chi connectivity index (χ1) is 8.83. The second-order valence-corrected chi connectivity index (χ2v) is 6.90. The first-order valence-electron chi connectivity index (χ1n) is 5.89. The monoisotopic (exact) mass is 353 g/mol. The van der Waals surface area contributed by atoms with Crippen LogP contribution in [0.1, 0.15) is 20.3 Å². The summed E-state index contributed by atoms with van der Waals surface area (Å²) in [4.78, 5) is -0.355. The van der Waals surface area contributed by atoms with E-state index in [-0.39, 0.29) is 17.5 Å². The van der Waals surface area contributed by atoms with Gasteiger partial charge in [-0.1, -0.05) is 15.9 Å². The van der Waals surface area contributed by atoms with E-state index in [1.807, 2.05) is 13.8 Å². The number of hydrogen-bond donors (Lipinski definition) is 1. The Balaban J connectivity index is 2.59. The molecule has 4 nitrogen and oxygen atoms in total. The molecule has 0 radical (unpaired) electrons. The lowest BCUT2D eigenvalue weighted by Gasteiger charge is -2.09. The van der Waals surface area contributed by atoms with E-state index in [9.17, 15) is 12.8 Å². The van der Waals surface area contributed by atoms with Crippen LogP contribution in [0.2, 0.25) is 0 Å². The van der Waals surface area contributed by atoms with Gasteiger partial charge in [-0.3, -0.25) is 0 Å². The molecule has 1 aromatic rings. The van der Waals surface area contributed by atoms with Crippen molar-refractivity contribution in [1.29, 1.82) is 0 Å². The lowest BCUT2D eigenvalue weighted by Crippen LogP contribution is -2.26. The molecule has 0 fully saturated rings. The van der Waals surface area contributed by atoms with Gasteiger partial charge < -0.3 is 4.74 Å². The first-order valence-corrected chi connectivity index (χ1v) is 8.17. The Kier molecular flexibility index (Phi) is 6.38. The predicted octanol–water partition coefficient (Wildman–Crippen LogP) is 2.68. The van der Waals surface area contributed by atoms with Gasteiger partial charge in [-0.2, -0.15) is 0 Å². The van der Waals surface area contributed by atoms with Crippen molar-refractivity contribution in [2.45, 2.75) is 31.3 Å². The van der Waals surface area contributed by atoms with Crippen LogP contribution in [-0.2, 0) is 14.8 Å². The van der Waals surface area contributed by atoms with Gasteiger partial charge in [0.2, 0.25) is 10.0 Å². The van der Waals surface area contributed by atoms with Crippen LogP contribution in [0, 0.1) is 5.82 Å². The number of sulfonamides is 1. The van der Waals surface area contributed by atoms with Crippen LogP contribution >= 0.6 is 15.9 Å². The molecule has 0 aromatic heterocycles. The van der Waals surface area contributed by atoms with E-state index in [1.54, 1.807) is 0 Å². The second kappa shape index (κ2) is 7.33. The average molecular weight is 354 g/mol. The Labute approximate surface area is 121 Å². The minimum Gasteiger partial charge on any atom is -0.379 e. The molecule has 0 unspecified atom stereocenters. The van der Waals surface area contributed by atoms with Crippen LogP contribution in [0.15, 0.2) is 27.6 Å². The van der Waals surface area contributed by atoms with E-state index in [4.69, 9.17) is 4.74 Å². The zero-order chi connectivity index (χ0) is 14.5. The molecule has 19 heavy (non-hydrogen) atoms. The minimum atomic E-state index is -3.82. The fraction of sp³-hybridized carbons (Fsp3) is 0.500. The summed E-state index contributed by atoms with van der Waals surface area (Å²) in [5.41, 5.74) is 0. The second-order valence-electron chi connectivity index (χ2n) is 4.25. The van der Waals surface area contributed by atoms with Crippen molar-refractivity contribution in [3.8, 4) is 0 Å². The van der Waals surface area contributed by atoms with E-state index in [0.29, 0.717) is 17.5 Å². The third-order valence-corrected chi connectivity index (χ3v) is 4.22. The summed E-state index contributed by atoms with van der Waals surface area (Å²) in [6, 6.07) is 3.80. The fourth-order valence-electron chi connectivity index (χ4n) is 1.36. The summed E-state index contributed by atoms with van der Waals surface area (Å²) in [6.45, 7) is 4.48. The number of benzene rings is 1. The summed E-state index contributed by atoms with van der Waals surface area (Å²) < 4.78 is 45.4. The number of nitrogens with one attached hydrogen (secondary N) is 1. The molecule has 0 amide bonds. The largest absolute Gasteiger partial charge is 0.379 e. The Bertz CT molecular complexity index is 520. The van der Waals surface area contributed by atoms with Crippen molar-refractivity contribution >= 4 is 26.0 Å². The Hall–Kier alpha value is -0.500. The van der Waals surface area contributed by atoms with Gasteiger partial charge in [0.15, 0.2) is 0 Å². The molecule has 0 bridgehead atoms. The SMILES string of the molecule is CC(C)OCCCNS(=O)(=O)c1cc(Br)ccc1F. The van der Waals surface area contributed by atoms with Crippen LogP contribution in [0.3, 0.4) is 0 Å². The van der Waals surface area contributed by atoms with Gasteiger partial charge in [-0.15, -0.1) is 0 Å². The van der Waals surface area contributed by atoms with Crippen molar-refractivity contribution in [3.63, 3.8) is 0 Å². The lowest BCUT2D eigenvalue weighted by atomic mass is 10.3. The summed E-state index contributed by atoms with van der Waals surface area (Å²) in [6.07, 6.45) is 0.645. The van der Waals surface area contributed by atoms with Gasteiger partial charge in [-0.05, 0) is 38.5 Å². The Morgan fingerprint density at radius 2 is 2.11 bits per heavy atom. The average Bonchev–Trinajstić information content (AvgIpc) is 2.31. The van der Waals surface area contributed by atoms with Crippen LogP contribution in [0.4, 0.5) is 4.39 Å². The number of halogens is 2. The molecule has 0 spiro atoms. The predicted molar refractivity (Wildman–Crippen MR) is 75.0 cm³/mol. The number of hydrogen-bond acceptors (Lipinski definition) is 3. The van der Waals surface area contributed by atoms with E-state index < -0.39 is 15.8 Å². The molecular weight excluding hydrogens is 337 g/mol. The third kappa shape index (κ3) is 5.56. The molecule has 0 aliphatic carbocycles. The number of ether oxygens (including phenoxy) is 1. The maximum atomic E-state index is 13.5. The maximum absolute atomic E-state index is 13.5. The van der Waals surface area contributed by atoms with E-state index >= 15 is 0 Å². The van der Waals surface area contributed by atoms with Gasteiger partial charge in [0.1, 0.15) is 10.7 Å². The van der Waals surface area contributed by atoms with Crippen LogP contribution in [-0.4, -0.2) is 27.7 Å². The van der Waals surface area contributed by atoms with Crippen LogP contribution < -0.4 is 4.72 Å². The minimum absolute atomic E-state index is 0.110. The highest BCUT2D eigenvalue weighted by Gasteiger charge is 2.18. The van der Waals surface area contributed by atoms with Gasteiger partial charge >= 0.3 is 0 Å². The summed E-state index contributed by atoms with van der Waals surface area (Å²) in [7, 11) is -3.82. The van der Waals surface area contributed by atoms with Gasteiger partial charge in [-0.25, -0.2) is 17.5 Å².